The SMILES string of the molecule is C#C.CO.CO[C@H](COP)CC(C)C. The van der Waals surface area contributed by atoms with Crippen LogP contribution in [0.25, 0.3) is 0 Å². The smallest absolute Gasteiger partial charge is 0.0810 e. The van der Waals surface area contributed by atoms with Gasteiger partial charge in [0.25, 0.3) is 0 Å². The number of aliphatic hydroxyl groups is 1. The van der Waals surface area contributed by atoms with Crippen molar-refractivity contribution in [3.63, 3.8) is 0 Å². The highest BCUT2D eigenvalue weighted by Crippen LogP contribution is 2.08. The molecule has 1 N–H and O–H groups in total. The van der Waals surface area contributed by atoms with Crippen LogP contribution in [0.3, 0.4) is 0 Å². The summed E-state index contributed by atoms with van der Waals surface area (Å²) in [6.07, 6.45) is 9.31. The van der Waals surface area contributed by atoms with Crippen LogP contribution in [0.1, 0.15) is 20.3 Å². The maximum absolute atomic E-state index is 7.00. The molecule has 1 unspecified atom stereocenters. The molecule has 0 heterocycles. The minimum absolute atomic E-state index is 0.248. The number of rotatable bonds is 5. The highest BCUT2D eigenvalue weighted by atomic mass is 31.0. The van der Waals surface area contributed by atoms with Crippen molar-refractivity contribution in [3.8, 4) is 12.8 Å². The third-order valence-electron chi connectivity index (χ3n) is 1.35. The highest BCUT2D eigenvalue weighted by Gasteiger charge is 2.08. The maximum atomic E-state index is 7.00. The zero-order chi connectivity index (χ0) is 12.0. The summed E-state index contributed by atoms with van der Waals surface area (Å²) in [5.74, 6) is 0.671. The maximum Gasteiger partial charge on any atom is 0.0810 e. The van der Waals surface area contributed by atoms with E-state index in [1.807, 2.05) is 0 Å². The fourth-order valence-electron chi connectivity index (χ4n) is 0.865. The first-order valence-corrected chi connectivity index (χ1v) is 4.80. The fraction of sp³-hybridized carbons (Fsp3) is 0.800. The van der Waals surface area contributed by atoms with Gasteiger partial charge in [0.15, 0.2) is 0 Å². The first kappa shape index (κ1) is 19.4. The van der Waals surface area contributed by atoms with Crippen molar-refractivity contribution >= 4 is 9.47 Å². The van der Waals surface area contributed by atoms with Crippen LogP contribution in [0.2, 0.25) is 0 Å². The molecule has 0 aliphatic carbocycles. The lowest BCUT2D eigenvalue weighted by atomic mass is 10.1. The van der Waals surface area contributed by atoms with E-state index in [9.17, 15) is 0 Å². The van der Waals surface area contributed by atoms with E-state index in [2.05, 4.69) is 36.2 Å². The van der Waals surface area contributed by atoms with Crippen molar-refractivity contribution in [2.75, 3.05) is 20.8 Å². The number of ether oxygens (including phenoxy) is 1. The van der Waals surface area contributed by atoms with Gasteiger partial charge in [-0.15, -0.1) is 12.8 Å². The van der Waals surface area contributed by atoms with Crippen molar-refractivity contribution in [2.45, 2.75) is 26.4 Å². The van der Waals surface area contributed by atoms with Crippen molar-refractivity contribution in [3.05, 3.63) is 0 Å². The summed E-state index contributed by atoms with van der Waals surface area (Å²) in [6.45, 7) is 5.02. The van der Waals surface area contributed by atoms with Crippen LogP contribution in [-0.2, 0) is 9.26 Å². The Morgan fingerprint density at radius 1 is 1.29 bits per heavy atom. The molecule has 0 aliphatic rings. The predicted molar refractivity (Wildman–Crippen MR) is 63.9 cm³/mol. The van der Waals surface area contributed by atoms with E-state index < -0.39 is 0 Å². The largest absolute Gasteiger partial charge is 0.400 e. The second kappa shape index (κ2) is 18.6. The van der Waals surface area contributed by atoms with Gasteiger partial charge in [0, 0.05) is 23.7 Å². The van der Waals surface area contributed by atoms with Gasteiger partial charge in [-0.1, -0.05) is 13.8 Å². The summed E-state index contributed by atoms with van der Waals surface area (Å²) < 4.78 is 10.1. The first-order chi connectivity index (χ1) is 6.70. The molecule has 0 radical (unpaired) electrons. The van der Waals surface area contributed by atoms with E-state index in [1.54, 1.807) is 7.11 Å². The number of terminal acetylenes is 1. The normalized spacial score (nSPS) is 10.6. The average Bonchev–Trinajstić information content (AvgIpc) is 2.22. The molecule has 0 aromatic rings. The Morgan fingerprint density at radius 3 is 1.93 bits per heavy atom. The molecule has 0 bridgehead atoms. The number of methoxy groups -OCH3 is 1. The van der Waals surface area contributed by atoms with Gasteiger partial charge < -0.3 is 14.4 Å². The van der Waals surface area contributed by atoms with Crippen LogP contribution in [-0.4, -0.2) is 32.0 Å². The molecule has 0 aliphatic heterocycles. The molecule has 0 aromatic heterocycles. The highest BCUT2D eigenvalue weighted by molar-refractivity contribution is 7.09. The monoisotopic (exact) mass is 222 g/mol. The molecule has 0 fully saturated rings. The molecule has 0 aromatic carbocycles. The summed E-state index contributed by atoms with van der Waals surface area (Å²) in [4.78, 5) is 0. The summed E-state index contributed by atoms with van der Waals surface area (Å²) >= 11 is 0. The molecule has 14 heavy (non-hydrogen) atoms. The predicted octanol–water partition coefficient (Wildman–Crippen LogP) is 1.71. The molecule has 0 saturated heterocycles. The Morgan fingerprint density at radius 2 is 1.71 bits per heavy atom. The van der Waals surface area contributed by atoms with Crippen molar-refractivity contribution in [1.29, 1.82) is 0 Å². The standard InChI is InChI=1S/C7H17O2P.C2H2.CH4O/c1-6(2)4-7(8-3)5-9-10;2*1-2/h6-7H,4-5,10H2,1-3H3;1-2H;2H,1H3/t7-;;/m0../s1. The Labute approximate surface area is 90.5 Å². The first-order valence-electron chi connectivity index (χ1n) is 4.33. The van der Waals surface area contributed by atoms with Crippen LogP contribution in [0.5, 0.6) is 0 Å². The molecule has 4 heteroatoms. The van der Waals surface area contributed by atoms with E-state index in [0.29, 0.717) is 12.5 Å². The lowest BCUT2D eigenvalue weighted by Gasteiger charge is -2.15. The van der Waals surface area contributed by atoms with Crippen molar-refractivity contribution in [1.82, 2.24) is 0 Å². The van der Waals surface area contributed by atoms with Gasteiger partial charge in [0.1, 0.15) is 0 Å². The lowest BCUT2D eigenvalue weighted by Crippen LogP contribution is -2.18. The van der Waals surface area contributed by atoms with Gasteiger partial charge in [-0.05, 0) is 12.3 Å². The van der Waals surface area contributed by atoms with Crippen LogP contribution in [0.15, 0.2) is 0 Å². The van der Waals surface area contributed by atoms with E-state index >= 15 is 0 Å². The molecule has 0 saturated carbocycles. The van der Waals surface area contributed by atoms with Crippen LogP contribution in [0.4, 0.5) is 0 Å². The van der Waals surface area contributed by atoms with Gasteiger partial charge in [-0.3, -0.25) is 0 Å². The van der Waals surface area contributed by atoms with E-state index in [4.69, 9.17) is 14.4 Å². The fourth-order valence-corrected chi connectivity index (χ4v) is 1.08. The van der Waals surface area contributed by atoms with Crippen LogP contribution >= 0.6 is 9.47 Å². The van der Waals surface area contributed by atoms with Gasteiger partial charge in [0.2, 0.25) is 0 Å². The summed E-state index contributed by atoms with van der Waals surface area (Å²) in [5, 5.41) is 7.00. The Kier molecular flexibility index (Phi) is 25.9. The molecule has 0 amide bonds. The zero-order valence-corrected chi connectivity index (χ0v) is 10.7. The molecule has 0 rings (SSSR count). The Hall–Kier alpha value is -0.130. The average molecular weight is 222 g/mol. The van der Waals surface area contributed by atoms with E-state index in [0.717, 1.165) is 13.5 Å². The molecular formula is C10H23O3P. The number of aliphatic hydroxyl groups excluding tert-OH is 1. The molecule has 3 nitrogen and oxygen atoms in total. The second-order valence-corrected chi connectivity index (χ2v) is 3.15. The summed E-state index contributed by atoms with van der Waals surface area (Å²) in [7, 11) is 4.95. The van der Waals surface area contributed by atoms with Gasteiger partial charge in [0.05, 0.1) is 12.7 Å². The topological polar surface area (TPSA) is 38.7 Å². The van der Waals surface area contributed by atoms with Crippen molar-refractivity contribution < 1.29 is 14.4 Å². The van der Waals surface area contributed by atoms with E-state index in [-0.39, 0.29) is 6.10 Å². The third-order valence-corrected chi connectivity index (χ3v) is 1.54. The molecule has 86 valence electrons. The van der Waals surface area contributed by atoms with Gasteiger partial charge in [-0.25, -0.2) is 0 Å². The Bertz CT molecular complexity index is 105. The van der Waals surface area contributed by atoms with Crippen molar-refractivity contribution in [2.24, 2.45) is 5.92 Å². The summed E-state index contributed by atoms with van der Waals surface area (Å²) in [6, 6.07) is 0. The minimum atomic E-state index is 0.248. The number of hydrogen-bond acceptors (Lipinski definition) is 3. The molecular weight excluding hydrogens is 199 g/mol. The second-order valence-electron chi connectivity index (χ2n) is 2.82. The quantitative estimate of drug-likeness (QED) is 0.568. The van der Waals surface area contributed by atoms with Crippen LogP contribution < -0.4 is 0 Å². The Balaban J connectivity index is -0.000000266. The molecule has 2 atom stereocenters. The van der Waals surface area contributed by atoms with Crippen LogP contribution in [0, 0.1) is 18.8 Å². The molecule has 0 spiro atoms. The van der Waals surface area contributed by atoms with Gasteiger partial charge in [-0.2, -0.15) is 0 Å². The zero-order valence-electron chi connectivity index (χ0n) is 9.56. The van der Waals surface area contributed by atoms with Gasteiger partial charge >= 0.3 is 0 Å². The third kappa shape index (κ3) is 17.8. The minimum Gasteiger partial charge on any atom is -0.400 e. The number of hydrogen-bond donors (Lipinski definition) is 1. The van der Waals surface area contributed by atoms with E-state index in [1.165, 1.54) is 0 Å². The lowest BCUT2D eigenvalue weighted by molar-refractivity contribution is 0.0494. The summed E-state index contributed by atoms with van der Waals surface area (Å²) in [5.41, 5.74) is 0.